The van der Waals surface area contributed by atoms with E-state index < -0.39 is 5.97 Å². The van der Waals surface area contributed by atoms with E-state index in [4.69, 9.17) is 72.9 Å². The maximum atomic E-state index is 13.9. The van der Waals surface area contributed by atoms with Crippen LogP contribution in [-0.2, 0) is 66.4 Å². The molecule has 124 heavy (non-hydrogen) atoms. The van der Waals surface area contributed by atoms with Gasteiger partial charge in [-0.1, -0.05) is 95.1 Å². The van der Waals surface area contributed by atoms with Crippen molar-refractivity contribution in [3.8, 4) is 46.0 Å². The first-order chi connectivity index (χ1) is 58.4. The van der Waals surface area contributed by atoms with Crippen LogP contribution in [0.25, 0.3) is 5.59 Å². The van der Waals surface area contributed by atoms with Crippen LogP contribution in [0, 0.1) is 13.8 Å². The molecular formula is C96H97LiN10O17. The van der Waals surface area contributed by atoms with E-state index in [0.29, 0.717) is 130 Å². The summed E-state index contributed by atoms with van der Waals surface area (Å²) >= 11 is 0. The molecule has 0 radical (unpaired) electrons. The summed E-state index contributed by atoms with van der Waals surface area (Å²) in [7, 11) is 4.43. The van der Waals surface area contributed by atoms with Crippen LogP contribution in [0.4, 0.5) is 45.5 Å². The van der Waals surface area contributed by atoms with Gasteiger partial charge in [0.05, 0.1) is 104 Å². The van der Waals surface area contributed by atoms with Crippen molar-refractivity contribution in [3.63, 3.8) is 0 Å². The van der Waals surface area contributed by atoms with Gasteiger partial charge in [-0.2, -0.15) is 0 Å². The van der Waals surface area contributed by atoms with Crippen molar-refractivity contribution in [2.24, 2.45) is 25.8 Å². The number of carbonyl (C=O) groups is 6. The molecule has 18 rings (SSSR count). The number of para-hydroxylation sites is 4. The number of carbonyl (C=O) groups excluding carboxylic acids is 5. The van der Waals surface area contributed by atoms with Gasteiger partial charge in [0.25, 0.3) is 23.6 Å². The normalized spacial score (nSPS) is 16.1. The maximum Gasteiger partial charge on any atom is 1.00 e. The zero-order chi connectivity index (χ0) is 83.2. The number of fused-ring (bicyclic) bond motifs is 16. The summed E-state index contributed by atoms with van der Waals surface area (Å²) in [6.07, 6.45) is 11.2. The molecule has 8 aliphatic rings. The Balaban J connectivity index is 0.000000213. The van der Waals surface area contributed by atoms with E-state index in [0.717, 1.165) is 84.8 Å². The van der Waals surface area contributed by atoms with Gasteiger partial charge in [0.2, 0.25) is 0 Å². The number of carboxylic acids is 1. The number of ether oxygens (including phenoxy) is 9. The molecule has 0 bridgehead atoms. The molecule has 27 nitrogen and oxygen atoms in total. The smallest absolute Gasteiger partial charge is 0.494 e. The van der Waals surface area contributed by atoms with Crippen molar-refractivity contribution < 1.29 is 101 Å². The predicted molar refractivity (Wildman–Crippen MR) is 473 cm³/mol. The average molecular weight is 1670 g/mol. The molecule has 10 aromatic carbocycles. The second kappa shape index (κ2) is 39.6. The third kappa shape index (κ3) is 18.8. The number of methoxy groups -OCH3 is 3. The Labute approximate surface area is 731 Å². The van der Waals surface area contributed by atoms with Crippen molar-refractivity contribution in [1.82, 2.24) is 0 Å². The summed E-state index contributed by atoms with van der Waals surface area (Å²) in [6, 6.07) is 56.6. The number of aliphatic imine (C=N–C) groups is 4. The van der Waals surface area contributed by atoms with Crippen molar-refractivity contribution in [1.29, 1.82) is 0 Å². The molecule has 0 saturated carbocycles. The molecule has 4 amide bonds. The summed E-state index contributed by atoms with van der Waals surface area (Å²) in [5.41, 5.74) is 18.8. The van der Waals surface area contributed by atoms with Crippen LogP contribution in [-0.4, -0.2) is 129 Å². The van der Waals surface area contributed by atoms with E-state index in [1.807, 2.05) is 206 Å². The molecule has 8 heterocycles. The maximum absolute atomic E-state index is 13.9. The number of rotatable bonds is 24. The molecule has 0 saturated heterocycles. The molecule has 0 fully saturated rings. The molecule has 4 N–H and O–H groups in total. The fraction of sp³-hybridized carbons (Fsp3) is 0.271. The van der Waals surface area contributed by atoms with Crippen LogP contribution >= 0.6 is 0 Å². The third-order valence-electron chi connectivity index (χ3n) is 22.0. The van der Waals surface area contributed by atoms with Crippen molar-refractivity contribution >= 4 is 106 Å². The van der Waals surface area contributed by atoms with Crippen LogP contribution in [0.3, 0.4) is 0 Å². The van der Waals surface area contributed by atoms with Gasteiger partial charge in [0, 0.05) is 110 Å². The number of aliphatic carboxylic acids is 1. The third-order valence-corrected chi connectivity index (χ3v) is 22.0. The summed E-state index contributed by atoms with van der Waals surface area (Å²) in [5, 5.41) is 16.1. The zero-order valence-electron chi connectivity index (χ0n) is 67.5. The van der Waals surface area contributed by atoms with Crippen LogP contribution < -0.4 is 82.2 Å². The molecule has 28 heteroatoms. The molecule has 0 aromatic heterocycles. The molecule has 0 spiro atoms. The predicted octanol–water partition coefficient (Wildman–Crippen LogP) is 14.6. The Morgan fingerprint density at radius 1 is 0.403 bits per heavy atom. The second-order valence-electron chi connectivity index (χ2n) is 29.8. The van der Waals surface area contributed by atoms with E-state index in [2.05, 4.69) is 11.9 Å². The topological polar surface area (TPSA) is 328 Å². The monoisotopic (exact) mass is 1670 g/mol. The number of hydrogen-bond acceptors (Lipinski definition) is 21. The number of carboxylic acid groups (broad SMARTS) is 1. The van der Waals surface area contributed by atoms with Gasteiger partial charge in [-0.05, 0) is 167 Å². The number of hydrogen-bond donors (Lipinski definition) is 3. The molecule has 634 valence electrons. The van der Waals surface area contributed by atoms with Gasteiger partial charge >= 0.3 is 30.8 Å². The van der Waals surface area contributed by atoms with Gasteiger partial charge < -0.3 is 64.4 Å². The number of nitrogens with zero attached hydrogens (tertiary/aromatic N) is 9. The van der Waals surface area contributed by atoms with Gasteiger partial charge in [0.15, 0.2) is 23.0 Å². The number of nitrogens with two attached hydrogens (primary N) is 1. The fourth-order valence-electron chi connectivity index (χ4n) is 16.3. The Morgan fingerprint density at radius 2 is 0.685 bits per heavy atom. The van der Waals surface area contributed by atoms with E-state index >= 15 is 0 Å². The minimum absolute atomic E-state index is 0. The molecule has 4 atom stereocenters. The van der Waals surface area contributed by atoms with Crippen molar-refractivity contribution in [3.05, 3.63) is 265 Å². The number of esters is 1. The summed E-state index contributed by atoms with van der Waals surface area (Å²) < 4.78 is 53.9. The van der Waals surface area contributed by atoms with Gasteiger partial charge in [0.1, 0.15) is 49.4 Å². The molecule has 10 aromatic rings. The Hall–Kier alpha value is -13.4. The first-order valence-electron chi connectivity index (χ1n) is 39.3. The molecule has 8 aliphatic heterocycles. The van der Waals surface area contributed by atoms with Crippen LogP contribution in [0.5, 0.6) is 46.0 Å². The van der Waals surface area contributed by atoms with Crippen molar-refractivity contribution in [2.45, 2.75) is 138 Å². The standard InChI is InChI=1S/C47H42N4O8.C46H40N4O8.3CH4.Li.H3N2O/c1-28-15-36-38(48-24-33-19-31-9-4-6-11-40(31)50(33)46(36)53)22-42(28)58-26-29-16-30(18-35(17-29)57-14-8-13-45(52)56-3)27-59-44-23-39-37(21-43(44)55-2)47(54)51-34(25-49-39)20-32-10-5-7-12-41(32)51;1-27-14-35-37(47-23-32-18-30-8-3-5-10-39(30)49(32)45(35)53)21-41(27)57-25-28-15-29(17-34(16-28)56-13-7-12-44(51)52)26-58-43-22-38-36(20-42(43)55-2)46(54)50-33(24-48-38)19-31-9-4-6-11-40(31)50;;;;;1-2-3/h4-7,9-12,15-18,21-25,33-34H,8,13-14,19-20,26-27H2,1-3H3;3-6,8-11,14-17,20-24,32-33H,7,12-13,18-19,25-26H2,1-2H3,(H,51,52);3*1H4;;3H,1H2/q;;;;;+1;-1/t33-,34-;32-,33-;;;;;/m00...../s1. The zero-order valence-corrected chi connectivity index (χ0v) is 67.5. The van der Waals surface area contributed by atoms with Crippen LogP contribution in [0.2, 0.25) is 0 Å². The number of aryl methyl sites for hydroxylation is 2. The summed E-state index contributed by atoms with van der Waals surface area (Å²) in [6.45, 7) is 4.93. The molecule has 0 unspecified atom stereocenters. The molecule has 0 aliphatic carbocycles. The second-order valence-corrected chi connectivity index (χ2v) is 29.8. The minimum atomic E-state index is -0.891. The quantitative estimate of drug-likeness (QED) is 0.0166. The fourth-order valence-corrected chi connectivity index (χ4v) is 16.3. The Bertz CT molecular complexity index is 5850. The Kier molecular flexibility index (Phi) is 28.7. The molecular weight excluding hydrogens is 1570 g/mol. The van der Waals surface area contributed by atoms with Crippen LogP contribution in [0.15, 0.2) is 202 Å². The van der Waals surface area contributed by atoms with E-state index in [-0.39, 0.29) is 141 Å². The Morgan fingerprint density at radius 3 is 0.984 bits per heavy atom. The van der Waals surface area contributed by atoms with Gasteiger partial charge in [-0.25, -0.2) is 0 Å². The first kappa shape index (κ1) is 89.8. The first-order valence-corrected chi connectivity index (χ1v) is 39.3. The van der Waals surface area contributed by atoms with Crippen molar-refractivity contribution in [2.75, 3.05) is 54.1 Å². The van der Waals surface area contributed by atoms with Crippen LogP contribution in [0.1, 0.15) is 145 Å². The minimum Gasteiger partial charge on any atom is -0.494 e. The largest absolute Gasteiger partial charge is 1.00 e. The average Bonchev–Trinajstić information content (AvgIpc) is 1.62. The van der Waals surface area contributed by atoms with E-state index in [1.165, 1.54) is 14.2 Å². The summed E-state index contributed by atoms with van der Waals surface area (Å²) in [4.78, 5) is 105. The number of amides is 4. The number of anilines is 4. The van der Waals surface area contributed by atoms with E-state index in [9.17, 15) is 28.8 Å². The number of benzene rings is 10. The van der Waals surface area contributed by atoms with Gasteiger partial charge in [-0.15, -0.1) is 0 Å². The van der Waals surface area contributed by atoms with E-state index in [1.54, 1.807) is 41.2 Å². The summed E-state index contributed by atoms with van der Waals surface area (Å²) in [5.74, 6) is 6.30. The van der Waals surface area contributed by atoms with Gasteiger partial charge in [-0.3, -0.25) is 68.3 Å². The SMILES string of the molecule is C.C.C.COC(=O)CCCOc1cc(COc2cc3c(cc2C)C(=O)N2c4ccccc4C[C@H]2C=N3)cc(COc2cc3c(cc2OC)C(=O)N2c4ccccc4C[C@H]2C=N3)c1.COc1cc2c(cc1OCc1cc(COc3cc4c(cc3C)C(=O)N3c5ccccc5C[C@H]3C=N4)cc(OCCCC(=O)O)c1)N=C[C@@H]1Cc3ccccc3N1C2=O.N[N-]O.[Li+].